The van der Waals surface area contributed by atoms with E-state index in [1.54, 1.807) is 18.2 Å². The van der Waals surface area contributed by atoms with E-state index in [4.69, 9.17) is 34.8 Å². The van der Waals surface area contributed by atoms with Crippen molar-refractivity contribution in [3.8, 4) is 0 Å². The molecule has 2 N–H and O–H groups in total. The third kappa shape index (κ3) is 5.25. The van der Waals surface area contributed by atoms with Crippen molar-refractivity contribution in [2.75, 3.05) is 18.4 Å². The number of hydrogen-bond acceptors (Lipinski definition) is 4. The minimum atomic E-state index is -0.479. The number of nitrogens with one attached hydrogen (secondary N) is 2. The molecule has 5 nitrogen and oxygen atoms in total. The first-order valence-electron chi connectivity index (χ1n) is 6.80. The minimum absolute atomic E-state index is 0.0314. The first-order chi connectivity index (χ1) is 11.0. The molecule has 0 atom stereocenters. The van der Waals surface area contributed by atoms with Crippen LogP contribution in [0.1, 0.15) is 5.56 Å². The van der Waals surface area contributed by atoms with Gasteiger partial charge in [0.05, 0.1) is 15.6 Å². The quantitative estimate of drug-likeness (QED) is 0.417. The first kappa shape index (κ1) is 17.8. The third-order valence-electron chi connectivity index (χ3n) is 3.11. The standard InChI is InChI=1S/C15H14Cl3N3O2/c16-11-2-1-10(13(17)7-11)9-19-5-6-20-15-4-3-12(21(22)23)8-14(15)18/h1-4,7-8,19-20H,5-6,9H2. The van der Waals surface area contributed by atoms with Crippen LogP contribution in [0.15, 0.2) is 36.4 Å². The fourth-order valence-corrected chi connectivity index (χ4v) is 2.65. The summed E-state index contributed by atoms with van der Waals surface area (Å²) in [6.07, 6.45) is 0. The van der Waals surface area contributed by atoms with Crippen molar-refractivity contribution >= 4 is 46.2 Å². The van der Waals surface area contributed by atoms with E-state index in [0.717, 1.165) is 5.56 Å². The topological polar surface area (TPSA) is 67.2 Å². The largest absolute Gasteiger partial charge is 0.383 e. The van der Waals surface area contributed by atoms with Gasteiger partial charge in [-0.25, -0.2) is 0 Å². The Balaban J connectivity index is 1.78. The van der Waals surface area contributed by atoms with E-state index in [1.807, 2.05) is 6.07 Å². The number of anilines is 1. The predicted octanol–water partition coefficient (Wildman–Crippen LogP) is 4.76. The molecule has 0 aromatic heterocycles. The maximum atomic E-state index is 10.6. The number of non-ortho nitro benzene ring substituents is 1. The lowest BCUT2D eigenvalue weighted by molar-refractivity contribution is -0.384. The summed E-state index contributed by atoms with van der Waals surface area (Å²) in [6.45, 7) is 1.90. The van der Waals surface area contributed by atoms with E-state index in [2.05, 4.69) is 10.6 Å². The maximum Gasteiger partial charge on any atom is 0.271 e. The Kier molecular flexibility index (Phi) is 6.47. The zero-order valence-corrected chi connectivity index (χ0v) is 14.3. The molecule has 0 saturated carbocycles. The highest BCUT2D eigenvalue weighted by molar-refractivity contribution is 6.35. The molecule has 0 fully saturated rings. The second-order valence-corrected chi connectivity index (χ2v) is 6.01. The molecule has 23 heavy (non-hydrogen) atoms. The number of benzene rings is 2. The minimum Gasteiger partial charge on any atom is -0.383 e. The highest BCUT2D eigenvalue weighted by Crippen LogP contribution is 2.26. The van der Waals surface area contributed by atoms with E-state index in [9.17, 15) is 10.1 Å². The van der Waals surface area contributed by atoms with Gasteiger partial charge in [-0.3, -0.25) is 10.1 Å². The van der Waals surface area contributed by atoms with Crippen molar-refractivity contribution in [2.24, 2.45) is 0 Å². The van der Waals surface area contributed by atoms with Gasteiger partial charge in [0.15, 0.2) is 0 Å². The van der Waals surface area contributed by atoms with Crippen LogP contribution in [0.25, 0.3) is 0 Å². The molecule has 0 aliphatic heterocycles. The van der Waals surface area contributed by atoms with Gasteiger partial charge in [-0.05, 0) is 23.8 Å². The summed E-state index contributed by atoms with van der Waals surface area (Å²) in [5.41, 5.74) is 1.59. The molecule has 0 heterocycles. The predicted molar refractivity (Wildman–Crippen MR) is 94.8 cm³/mol. The van der Waals surface area contributed by atoms with Gasteiger partial charge < -0.3 is 10.6 Å². The molecule has 0 saturated heterocycles. The van der Waals surface area contributed by atoms with Crippen LogP contribution in [-0.2, 0) is 6.54 Å². The summed E-state index contributed by atoms with van der Waals surface area (Å²) in [6, 6.07) is 9.70. The van der Waals surface area contributed by atoms with Gasteiger partial charge in [0.25, 0.3) is 5.69 Å². The Morgan fingerprint density at radius 1 is 1.00 bits per heavy atom. The Bertz CT molecular complexity index is 710. The van der Waals surface area contributed by atoms with Crippen LogP contribution >= 0.6 is 34.8 Å². The number of nitrogens with zero attached hydrogens (tertiary/aromatic N) is 1. The average Bonchev–Trinajstić information content (AvgIpc) is 2.50. The summed E-state index contributed by atoms with van der Waals surface area (Å²) in [5, 5.41) is 18.5. The Labute approximate surface area is 148 Å². The van der Waals surface area contributed by atoms with Gasteiger partial charge in [0.1, 0.15) is 0 Å². The lowest BCUT2D eigenvalue weighted by atomic mass is 10.2. The van der Waals surface area contributed by atoms with E-state index >= 15 is 0 Å². The fraction of sp³-hybridized carbons (Fsp3) is 0.200. The molecule has 2 aromatic rings. The number of rotatable bonds is 7. The molecular formula is C15H14Cl3N3O2. The van der Waals surface area contributed by atoms with Gasteiger partial charge in [0.2, 0.25) is 0 Å². The summed E-state index contributed by atoms with van der Waals surface area (Å²) >= 11 is 17.9. The monoisotopic (exact) mass is 373 g/mol. The van der Waals surface area contributed by atoms with Gasteiger partial charge in [-0.1, -0.05) is 40.9 Å². The maximum absolute atomic E-state index is 10.6. The Morgan fingerprint density at radius 2 is 1.78 bits per heavy atom. The van der Waals surface area contributed by atoms with E-state index < -0.39 is 4.92 Å². The van der Waals surface area contributed by atoms with E-state index in [0.29, 0.717) is 40.4 Å². The zero-order valence-electron chi connectivity index (χ0n) is 12.0. The average molecular weight is 375 g/mol. The fourth-order valence-electron chi connectivity index (χ4n) is 1.93. The second-order valence-electron chi connectivity index (χ2n) is 4.76. The van der Waals surface area contributed by atoms with Crippen molar-refractivity contribution in [1.82, 2.24) is 5.32 Å². The Morgan fingerprint density at radius 3 is 2.43 bits per heavy atom. The highest BCUT2D eigenvalue weighted by Gasteiger charge is 2.08. The number of nitro groups is 1. The summed E-state index contributed by atoms with van der Waals surface area (Å²) in [7, 11) is 0. The number of nitro benzene ring substituents is 1. The first-order valence-corrected chi connectivity index (χ1v) is 7.93. The molecular weight excluding hydrogens is 361 g/mol. The zero-order chi connectivity index (χ0) is 16.8. The third-order valence-corrected chi connectivity index (χ3v) is 4.01. The summed E-state index contributed by atoms with van der Waals surface area (Å²) < 4.78 is 0. The smallest absolute Gasteiger partial charge is 0.271 e. The molecule has 0 spiro atoms. The van der Waals surface area contributed by atoms with Crippen LogP contribution < -0.4 is 10.6 Å². The number of hydrogen-bond donors (Lipinski definition) is 2. The SMILES string of the molecule is O=[N+]([O-])c1ccc(NCCNCc2ccc(Cl)cc2Cl)c(Cl)c1. The molecule has 122 valence electrons. The number of halogens is 3. The molecule has 0 amide bonds. The Hall–Kier alpha value is -1.53. The summed E-state index contributed by atoms with van der Waals surface area (Å²) in [4.78, 5) is 10.2. The molecule has 0 bridgehead atoms. The lowest BCUT2D eigenvalue weighted by Crippen LogP contribution is -2.22. The molecule has 2 rings (SSSR count). The molecule has 0 aliphatic carbocycles. The molecule has 0 radical (unpaired) electrons. The van der Waals surface area contributed by atoms with E-state index in [1.165, 1.54) is 12.1 Å². The van der Waals surface area contributed by atoms with Crippen LogP contribution in [0.4, 0.5) is 11.4 Å². The molecule has 2 aromatic carbocycles. The van der Waals surface area contributed by atoms with Gasteiger partial charge in [-0.2, -0.15) is 0 Å². The van der Waals surface area contributed by atoms with Crippen molar-refractivity contribution in [3.05, 3.63) is 67.1 Å². The van der Waals surface area contributed by atoms with Crippen molar-refractivity contribution in [2.45, 2.75) is 6.54 Å². The van der Waals surface area contributed by atoms with Crippen LogP contribution in [0.3, 0.4) is 0 Å². The van der Waals surface area contributed by atoms with Gasteiger partial charge in [-0.15, -0.1) is 0 Å². The van der Waals surface area contributed by atoms with Crippen molar-refractivity contribution in [3.63, 3.8) is 0 Å². The van der Waals surface area contributed by atoms with Crippen LogP contribution in [-0.4, -0.2) is 18.0 Å². The molecule has 0 aliphatic rings. The van der Waals surface area contributed by atoms with Crippen molar-refractivity contribution in [1.29, 1.82) is 0 Å². The lowest BCUT2D eigenvalue weighted by Gasteiger charge is -2.10. The van der Waals surface area contributed by atoms with Crippen molar-refractivity contribution < 1.29 is 4.92 Å². The van der Waals surface area contributed by atoms with Crippen LogP contribution in [0.5, 0.6) is 0 Å². The van der Waals surface area contributed by atoms with E-state index in [-0.39, 0.29) is 5.69 Å². The molecule has 0 unspecified atom stereocenters. The van der Waals surface area contributed by atoms with Crippen LogP contribution in [0.2, 0.25) is 15.1 Å². The molecule has 8 heteroatoms. The summed E-state index contributed by atoms with van der Waals surface area (Å²) in [5.74, 6) is 0. The highest BCUT2D eigenvalue weighted by atomic mass is 35.5. The van der Waals surface area contributed by atoms with Gasteiger partial charge >= 0.3 is 0 Å². The second kappa shape index (κ2) is 8.36. The van der Waals surface area contributed by atoms with Gasteiger partial charge in [0, 0.05) is 41.8 Å². The normalized spacial score (nSPS) is 10.6. The van der Waals surface area contributed by atoms with Crippen LogP contribution in [0, 0.1) is 10.1 Å².